The van der Waals surface area contributed by atoms with E-state index in [4.69, 9.17) is 5.26 Å². The van der Waals surface area contributed by atoms with Gasteiger partial charge in [0.25, 0.3) is 5.69 Å². The summed E-state index contributed by atoms with van der Waals surface area (Å²) in [6, 6.07) is 4.44. The van der Waals surface area contributed by atoms with Gasteiger partial charge in [-0.1, -0.05) is 0 Å². The predicted molar refractivity (Wildman–Crippen MR) is 49.4 cm³/mol. The van der Waals surface area contributed by atoms with Gasteiger partial charge in [0.1, 0.15) is 17.4 Å². The fraction of sp³-hybridized carbons (Fsp3) is 0.222. The second-order valence-corrected chi connectivity index (χ2v) is 2.95. The molecule has 0 saturated heterocycles. The molecule has 0 spiro atoms. The largest absolute Gasteiger partial charge is 0.484 e. The lowest BCUT2D eigenvalue weighted by molar-refractivity contribution is -0.385. The molecule has 0 saturated carbocycles. The zero-order chi connectivity index (χ0) is 13.1. The quantitative estimate of drug-likeness (QED) is 0.606. The lowest BCUT2D eigenvalue weighted by atomic mass is 10.2. The van der Waals surface area contributed by atoms with Gasteiger partial charge in [-0.2, -0.15) is 18.4 Å². The number of hydrogen-bond acceptors (Lipinski definition) is 4. The van der Waals surface area contributed by atoms with Gasteiger partial charge in [0.2, 0.25) is 0 Å². The van der Waals surface area contributed by atoms with Crippen molar-refractivity contribution in [2.75, 3.05) is 6.61 Å². The Hall–Kier alpha value is -2.30. The number of benzene rings is 1. The lowest BCUT2D eigenvalue weighted by Crippen LogP contribution is -2.19. The maximum atomic E-state index is 11.8. The van der Waals surface area contributed by atoms with Crippen molar-refractivity contribution in [2.45, 2.75) is 6.18 Å². The Bertz CT molecular complexity index is 479. The number of halogens is 3. The summed E-state index contributed by atoms with van der Waals surface area (Å²) < 4.78 is 39.8. The Kier molecular flexibility index (Phi) is 3.52. The average Bonchev–Trinajstić information content (AvgIpc) is 2.25. The van der Waals surface area contributed by atoms with Crippen LogP contribution in [-0.4, -0.2) is 17.7 Å². The standard InChI is InChI=1S/C9H5F3N2O3/c10-9(11,12)5-17-7-2-1-6(4-13)8(3-7)14(15)16/h1-3H,5H2. The van der Waals surface area contributed by atoms with E-state index in [2.05, 4.69) is 4.74 Å². The van der Waals surface area contributed by atoms with E-state index in [1.54, 1.807) is 6.07 Å². The van der Waals surface area contributed by atoms with Gasteiger partial charge in [-0.05, 0) is 12.1 Å². The Balaban J connectivity index is 2.94. The van der Waals surface area contributed by atoms with E-state index in [1.807, 2.05) is 0 Å². The monoisotopic (exact) mass is 246 g/mol. The van der Waals surface area contributed by atoms with Crippen molar-refractivity contribution < 1.29 is 22.8 Å². The molecule has 0 bridgehead atoms. The molecule has 0 aromatic heterocycles. The fourth-order valence-corrected chi connectivity index (χ4v) is 1.01. The molecule has 1 aromatic rings. The molecular weight excluding hydrogens is 241 g/mol. The summed E-state index contributed by atoms with van der Waals surface area (Å²) in [6.45, 7) is -1.55. The summed E-state index contributed by atoms with van der Waals surface area (Å²) in [5.41, 5.74) is -0.832. The third kappa shape index (κ3) is 3.64. The first-order valence-electron chi connectivity index (χ1n) is 4.21. The minimum atomic E-state index is -4.53. The first kappa shape index (κ1) is 12.8. The van der Waals surface area contributed by atoms with E-state index in [-0.39, 0.29) is 11.3 Å². The third-order valence-corrected chi connectivity index (χ3v) is 1.69. The van der Waals surface area contributed by atoms with E-state index >= 15 is 0 Å². The lowest BCUT2D eigenvalue weighted by Gasteiger charge is -2.08. The van der Waals surface area contributed by atoms with E-state index in [0.29, 0.717) is 0 Å². The number of nitro groups is 1. The smallest absolute Gasteiger partial charge is 0.422 e. The highest BCUT2D eigenvalue weighted by atomic mass is 19.4. The molecule has 0 N–H and O–H groups in total. The SMILES string of the molecule is N#Cc1ccc(OCC(F)(F)F)cc1[N+](=O)[O-]. The Morgan fingerprint density at radius 3 is 2.59 bits per heavy atom. The average molecular weight is 246 g/mol. The molecule has 0 amide bonds. The summed E-state index contributed by atoms with van der Waals surface area (Å²) in [7, 11) is 0. The zero-order valence-electron chi connectivity index (χ0n) is 8.19. The van der Waals surface area contributed by atoms with Crippen LogP contribution in [0.5, 0.6) is 5.75 Å². The number of nitro benzene ring substituents is 1. The minimum absolute atomic E-state index is 0.241. The maximum absolute atomic E-state index is 11.8. The van der Waals surface area contributed by atoms with Gasteiger partial charge >= 0.3 is 6.18 Å². The van der Waals surface area contributed by atoms with Crippen molar-refractivity contribution in [1.29, 1.82) is 5.26 Å². The molecule has 0 aliphatic heterocycles. The molecule has 0 atom stereocenters. The first-order chi connectivity index (χ1) is 7.83. The summed E-state index contributed by atoms with van der Waals surface area (Å²) in [6.07, 6.45) is -4.53. The molecule has 0 aliphatic rings. The minimum Gasteiger partial charge on any atom is -0.484 e. The number of rotatable bonds is 3. The Morgan fingerprint density at radius 1 is 1.47 bits per heavy atom. The normalized spacial score (nSPS) is 10.7. The maximum Gasteiger partial charge on any atom is 0.422 e. The number of alkyl halides is 3. The van der Waals surface area contributed by atoms with Crippen molar-refractivity contribution in [3.05, 3.63) is 33.9 Å². The fourth-order valence-electron chi connectivity index (χ4n) is 1.01. The van der Waals surface area contributed by atoms with Crippen molar-refractivity contribution in [1.82, 2.24) is 0 Å². The number of nitriles is 1. The summed E-state index contributed by atoms with van der Waals surface area (Å²) in [5, 5.41) is 19.1. The Labute approximate surface area is 93.2 Å². The van der Waals surface area contributed by atoms with Crippen LogP contribution in [0.1, 0.15) is 5.56 Å². The van der Waals surface area contributed by atoms with Crippen LogP contribution in [0.15, 0.2) is 18.2 Å². The van der Waals surface area contributed by atoms with E-state index < -0.39 is 23.4 Å². The summed E-state index contributed by atoms with van der Waals surface area (Å²) >= 11 is 0. The van der Waals surface area contributed by atoms with Crippen LogP contribution in [0.3, 0.4) is 0 Å². The third-order valence-electron chi connectivity index (χ3n) is 1.69. The van der Waals surface area contributed by atoms with Crippen LogP contribution in [0.4, 0.5) is 18.9 Å². The van der Waals surface area contributed by atoms with Gasteiger partial charge in [-0.15, -0.1) is 0 Å². The van der Waals surface area contributed by atoms with Crippen LogP contribution < -0.4 is 4.74 Å². The molecule has 0 unspecified atom stereocenters. The molecule has 1 aromatic carbocycles. The molecule has 1 rings (SSSR count). The van der Waals surface area contributed by atoms with Crippen LogP contribution >= 0.6 is 0 Å². The van der Waals surface area contributed by atoms with Gasteiger partial charge in [0.05, 0.1) is 11.0 Å². The highest BCUT2D eigenvalue weighted by Gasteiger charge is 2.28. The van der Waals surface area contributed by atoms with Gasteiger partial charge in [0, 0.05) is 0 Å². The molecule has 90 valence electrons. The summed E-state index contributed by atoms with van der Waals surface area (Å²) in [4.78, 5) is 9.65. The highest BCUT2D eigenvalue weighted by Crippen LogP contribution is 2.25. The second kappa shape index (κ2) is 4.69. The van der Waals surface area contributed by atoms with E-state index in [1.165, 1.54) is 0 Å². The van der Waals surface area contributed by atoms with Crippen molar-refractivity contribution in [3.8, 4) is 11.8 Å². The van der Waals surface area contributed by atoms with Gasteiger partial charge in [-0.25, -0.2) is 0 Å². The van der Waals surface area contributed by atoms with Gasteiger partial charge in [0.15, 0.2) is 6.61 Å². The van der Waals surface area contributed by atoms with Gasteiger partial charge in [-0.3, -0.25) is 10.1 Å². The van der Waals surface area contributed by atoms with Crippen molar-refractivity contribution >= 4 is 5.69 Å². The second-order valence-electron chi connectivity index (χ2n) is 2.95. The first-order valence-corrected chi connectivity index (χ1v) is 4.21. The van der Waals surface area contributed by atoms with Gasteiger partial charge < -0.3 is 4.74 Å². The zero-order valence-corrected chi connectivity index (χ0v) is 8.19. The van der Waals surface area contributed by atoms with Crippen LogP contribution in [-0.2, 0) is 0 Å². The molecule has 5 nitrogen and oxygen atoms in total. The Morgan fingerprint density at radius 2 is 2.12 bits per heavy atom. The molecule has 8 heteroatoms. The van der Waals surface area contributed by atoms with Crippen molar-refractivity contribution in [3.63, 3.8) is 0 Å². The molecule has 0 radical (unpaired) electrons. The highest BCUT2D eigenvalue weighted by molar-refractivity contribution is 5.52. The molecule has 0 fully saturated rings. The number of ether oxygens (including phenoxy) is 1. The van der Waals surface area contributed by atoms with Crippen LogP contribution in [0.2, 0.25) is 0 Å². The van der Waals surface area contributed by atoms with E-state index in [0.717, 1.165) is 18.2 Å². The topological polar surface area (TPSA) is 76.2 Å². The van der Waals surface area contributed by atoms with Crippen LogP contribution in [0, 0.1) is 21.4 Å². The number of hydrogen-bond donors (Lipinski definition) is 0. The van der Waals surface area contributed by atoms with E-state index in [9.17, 15) is 23.3 Å². The molecule has 17 heavy (non-hydrogen) atoms. The molecule has 0 aliphatic carbocycles. The summed E-state index contributed by atoms with van der Waals surface area (Å²) in [5.74, 6) is -0.312. The molecular formula is C9H5F3N2O3. The van der Waals surface area contributed by atoms with Crippen molar-refractivity contribution in [2.24, 2.45) is 0 Å². The number of nitrogens with zero attached hydrogens (tertiary/aromatic N) is 2. The molecule has 0 heterocycles. The predicted octanol–water partition coefficient (Wildman–Crippen LogP) is 2.41. The van der Waals surface area contributed by atoms with Crippen LogP contribution in [0.25, 0.3) is 0 Å².